The standard InChI is InChI=1S/C12H14O5.O2Si3/c1-15-9-7-5-4-6-8(9)10(16-2)11(17-3)12(13)14;3-1-5-2-4/h4-7H,1-3H3,(H,13,14);. The first-order chi connectivity index (χ1) is 10.6. The molecule has 1 aromatic rings. The van der Waals surface area contributed by atoms with E-state index in [9.17, 15) is 4.79 Å². The predicted molar refractivity (Wildman–Crippen MR) is 81.0 cm³/mol. The van der Waals surface area contributed by atoms with Crippen molar-refractivity contribution in [2.75, 3.05) is 21.3 Å². The molecule has 0 amide bonds. The van der Waals surface area contributed by atoms with Gasteiger partial charge in [0.15, 0.2) is 5.76 Å². The largest absolute Gasteiger partial charge is 0.496 e. The van der Waals surface area contributed by atoms with E-state index in [1.165, 1.54) is 21.3 Å². The number of hydrogen-bond acceptors (Lipinski definition) is 6. The summed E-state index contributed by atoms with van der Waals surface area (Å²) in [5.74, 6) is -0.829. The van der Waals surface area contributed by atoms with Crippen LogP contribution in [0.1, 0.15) is 5.56 Å². The molecule has 0 fully saturated rings. The number of carboxylic acid groups (broad SMARTS) is 1. The second-order valence-corrected chi connectivity index (χ2v) is 5.16. The smallest absolute Gasteiger partial charge is 0.409 e. The summed E-state index contributed by atoms with van der Waals surface area (Å²) in [6, 6.07) is 6.94. The summed E-state index contributed by atoms with van der Waals surface area (Å²) in [5.41, 5.74) is 0.525. The Morgan fingerprint density at radius 1 is 1.09 bits per heavy atom. The number of ether oxygens (including phenoxy) is 3. The molecule has 0 aliphatic carbocycles. The molecule has 0 saturated heterocycles. The van der Waals surface area contributed by atoms with E-state index in [1.807, 2.05) is 0 Å². The molecule has 1 N–H and O–H groups in total. The Morgan fingerprint density at radius 3 is 2.05 bits per heavy atom. The molecule has 0 saturated carbocycles. The van der Waals surface area contributed by atoms with E-state index in [2.05, 4.69) is 29.2 Å². The van der Waals surface area contributed by atoms with Crippen LogP contribution in [0.3, 0.4) is 0 Å². The molecule has 8 radical (unpaired) electrons. The minimum atomic E-state index is -1.20. The molecule has 116 valence electrons. The SMILES string of the molecule is COC(C(=O)O)=C(OC)c1ccccc1OC.[Si]O[Si]O[Si]. The Bertz CT molecular complexity index is 491. The number of rotatable bonds is 7. The minimum Gasteiger partial charge on any atom is -0.496 e. The maximum atomic E-state index is 11.0. The first kappa shape index (κ1) is 20.4. The monoisotopic (exact) mass is 354 g/mol. The molecular weight excluding hydrogens is 340 g/mol. The van der Waals surface area contributed by atoms with Crippen LogP contribution in [0.2, 0.25) is 0 Å². The minimum absolute atomic E-state index is 0.0247. The molecule has 0 aliphatic heterocycles. The van der Waals surface area contributed by atoms with Gasteiger partial charge < -0.3 is 27.5 Å². The van der Waals surface area contributed by atoms with Gasteiger partial charge >= 0.3 is 16.0 Å². The van der Waals surface area contributed by atoms with Gasteiger partial charge in [0.25, 0.3) is 0 Å². The lowest BCUT2D eigenvalue weighted by molar-refractivity contribution is -0.136. The molecular formula is C12H14O7Si3. The van der Waals surface area contributed by atoms with Crippen LogP contribution < -0.4 is 4.74 Å². The van der Waals surface area contributed by atoms with Gasteiger partial charge in [-0.25, -0.2) is 4.79 Å². The molecule has 0 unspecified atom stereocenters. The van der Waals surface area contributed by atoms with Crippen molar-refractivity contribution in [3.8, 4) is 5.75 Å². The Labute approximate surface area is 138 Å². The maximum absolute atomic E-state index is 11.0. The number of methoxy groups -OCH3 is 3. The van der Waals surface area contributed by atoms with Crippen molar-refractivity contribution in [2.24, 2.45) is 0 Å². The fourth-order valence-electron chi connectivity index (χ4n) is 1.46. The van der Waals surface area contributed by atoms with Crippen molar-refractivity contribution in [1.29, 1.82) is 0 Å². The van der Waals surface area contributed by atoms with E-state index in [0.717, 1.165) is 0 Å². The topological polar surface area (TPSA) is 83.5 Å². The summed E-state index contributed by atoms with van der Waals surface area (Å²) in [5, 5.41) is 9.00. The number of carbonyl (C=O) groups is 1. The molecule has 1 aromatic carbocycles. The normalized spacial score (nSPS) is 10.8. The van der Waals surface area contributed by atoms with Crippen LogP contribution >= 0.6 is 0 Å². The molecule has 10 heteroatoms. The number of hydrogen-bond donors (Lipinski definition) is 1. The van der Waals surface area contributed by atoms with Crippen LogP contribution in [0.15, 0.2) is 30.0 Å². The van der Waals surface area contributed by atoms with E-state index >= 15 is 0 Å². The van der Waals surface area contributed by atoms with Crippen molar-refractivity contribution in [3.05, 3.63) is 35.6 Å². The fraction of sp³-hybridized carbons (Fsp3) is 0.250. The van der Waals surface area contributed by atoms with Crippen LogP contribution in [0, 0.1) is 0 Å². The van der Waals surface area contributed by atoms with Gasteiger partial charge in [0, 0.05) is 0 Å². The zero-order valence-corrected chi connectivity index (χ0v) is 15.2. The lowest BCUT2D eigenvalue weighted by Crippen LogP contribution is -2.08. The van der Waals surface area contributed by atoms with Crippen molar-refractivity contribution in [1.82, 2.24) is 0 Å². The quantitative estimate of drug-likeness (QED) is 0.433. The van der Waals surface area contributed by atoms with Gasteiger partial charge in [-0.3, -0.25) is 0 Å². The van der Waals surface area contributed by atoms with E-state index in [-0.39, 0.29) is 21.5 Å². The number of benzene rings is 1. The second kappa shape index (κ2) is 12.0. The Hall–Kier alpha value is -1.60. The maximum Gasteiger partial charge on any atom is 0.409 e. The fourth-order valence-corrected chi connectivity index (χ4v) is 2.00. The van der Waals surface area contributed by atoms with Gasteiger partial charge in [-0.05, 0) is 12.1 Å². The van der Waals surface area contributed by atoms with Crippen molar-refractivity contribution in [2.45, 2.75) is 0 Å². The van der Waals surface area contributed by atoms with Crippen LogP contribution in [-0.4, -0.2) is 63.4 Å². The Balaban J connectivity index is 0.000000763. The second-order valence-electron chi connectivity index (χ2n) is 3.36. The molecule has 1 rings (SSSR count). The first-order valence-corrected chi connectivity index (χ1v) is 7.29. The van der Waals surface area contributed by atoms with Gasteiger partial charge in [-0.1, -0.05) is 12.1 Å². The van der Waals surface area contributed by atoms with Gasteiger partial charge in [0.2, 0.25) is 26.7 Å². The third kappa shape index (κ3) is 6.45. The predicted octanol–water partition coefficient (Wildman–Crippen LogP) is 0.462. The molecule has 0 bridgehead atoms. The van der Waals surface area contributed by atoms with Crippen LogP contribution in [-0.2, 0) is 22.5 Å². The Kier molecular flexibility index (Phi) is 11.1. The third-order valence-corrected chi connectivity index (χ3v) is 2.91. The average Bonchev–Trinajstić information content (AvgIpc) is 2.53. The van der Waals surface area contributed by atoms with E-state index < -0.39 is 5.97 Å². The number of carboxylic acids is 1. The molecule has 0 atom stereocenters. The van der Waals surface area contributed by atoms with E-state index in [0.29, 0.717) is 11.3 Å². The van der Waals surface area contributed by atoms with Gasteiger partial charge in [-0.15, -0.1) is 0 Å². The Morgan fingerprint density at radius 2 is 1.68 bits per heavy atom. The van der Waals surface area contributed by atoms with E-state index in [4.69, 9.17) is 19.3 Å². The lowest BCUT2D eigenvalue weighted by Gasteiger charge is -2.13. The van der Waals surface area contributed by atoms with Gasteiger partial charge in [0.05, 0.1) is 26.9 Å². The third-order valence-electron chi connectivity index (χ3n) is 2.24. The molecule has 7 nitrogen and oxygen atoms in total. The van der Waals surface area contributed by atoms with Crippen LogP contribution in [0.5, 0.6) is 5.75 Å². The van der Waals surface area contributed by atoms with E-state index in [1.54, 1.807) is 24.3 Å². The molecule has 0 aromatic heterocycles. The summed E-state index contributed by atoms with van der Waals surface area (Å²) in [6.07, 6.45) is 0. The lowest BCUT2D eigenvalue weighted by atomic mass is 10.1. The number of aliphatic carboxylic acids is 1. The zero-order chi connectivity index (χ0) is 17.0. The summed E-state index contributed by atoms with van der Waals surface area (Å²) in [7, 11) is 9.59. The van der Waals surface area contributed by atoms with Crippen molar-refractivity contribution < 1.29 is 32.3 Å². The summed E-state index contributed by atoms with van der Waals surface area (Å²) in [6.45, 7) is 0. The molecule has 0 heterocycles. The molecule has 0 spiro atoms. The summed E-state index contributed by atoms with van der Waals surface area (Å²) in [4.78, 5) is 11.0. The average molecular weight is 354 g/mol. The van der Waals surface area contributed by atoms with Crippen LogP contribution in [0.4, 0.5) is 0 Å². The highest BCUT2D eigenvalue weighted by Gasteiger charge is 2.20. The highest BCUT2D eigenvalue weighted by atomic mass is 28.3. The summed E-state index contributed by atoms with van der Waals surface area (Å²) >= 11 is 0. The first-order valence-electron chi connectivity index (χ1n) is 5.66. The highest BCUT2D eigenvalue weighted by molar-refractivity contribution is 6.33. The summed E-state index contributed by atoms with van der Waals surface area (Å²) < 4.78 is 23.6. The molecule has 0 aliphatic rings. The van der Waals surface area contributed by atoms with Crippen molar-refractivity contribution in [3.63, 3.8) is 0 Å². The molecule has 22 heavy (non-hydrogen) atoms. The highest BCUT2D eigenvalue weighted by Crippen LogP contribution is 2.28. The van der Waals surface area contributed by atoms with Gasteiger partial charge in [0.1, 0.15) is 5.75 Å². The van der Waals surface area contributed by atoms with Crippen molar-refractivity contribution >= 4 is 42.7 Å². The van der Waals surface area contributed by atoms with Gasteiger partial charge in [-0.2, -0.15) is 0 Å². The zero-order valence-electron chi connectivity index (χ0n) is 12.2. The van der Waals surface area contributed by atoms with Crippen LogP contribution in [0.25, 0.3) is 5.76 Å². The number of para-hydroxylation sites is 1.